The van der Waals surface area contributed by atoms with Crippen molar-refractivity contribution in [2.75, 3.05) is 13.7 Å². The van der Waals surface area contributed by atoms with Crippen LogP contribution in [0.25, 0.3) is 0 Å². The summed E-state index contributed by atoms with van der Waals surface area (Å²) in [5, 5.41) is 0. The van der Waals surface area contributed by atoms with Crippen LogP contribution in [0.1, 0.15) is 40.0 Å². The average molecular weight is 170 g/mol. The van der Waals surface area contributed by atoms with Crippen molar-refractivity contribution in [2.24, 2.45) is 17.3 Å². The summed E-state index contributed by atoms with van der Waals surface area (Å²) >= 11 is 0. The molecule has 0 aliphatic heterocycles. The summed E-state index contributed by atoms with van der Waals surface area (Å²) < 4.78 is 5.11. The minimum absolute atomic E-state index is 0.602. The standard InChI is InChI=1S/C11H22O/c1-9(2)10-7-11(3,8-10)5-6-12-4/h9-10H,5-8H2,1-4H3. The molecule has 0 aromatic carbocycles. The second kappa shape index (κ2) is 3.78. The summed E-state index contributed by atoms with van der Waals surface area (Å²) in [5.74, 6) is 1.85. The highest BCUT2D eigenvalue weighted by molar-refractivity contribution is 4.91. The van der Waals surface area contributed by atoms with Gasteiger partial charge in [0.15, 0.2) is 0 Å². The van der Waals surface area contributed by atoms with Gasteiger partial charge in [0.2, 0.25) is 0 Å². The molecule has 1 saturated carbocycles. The first-order valence-corrected chi connectivity index (χ1v) is 5.06. The van der Waals surface area contributed by atoms with Gasteiger partial charge < -0.3 is 4.74 Å². The predicted molar refractivity (Wildman–Crippen MR) is 52.2 cm³/mol. The van der Waals surface area contributed by atoms with Crippen molar-refractivity contribution in [2.45, 2.75) is 40.0 Å². The van der Waals surface area contributed by atoms with E-state index in [1.54, 1.807) is 7.11 Å². The normalized spacial score (nSPS) is 35.2. The molecule has 0 saturated heterocycles. The lowest BCUT2D eigenvalue weighted by Crippen LogP contribution is -2.37. The highest BCUT2D eigenvalue weighted by atomic mass is 16.5. The number of methoxy groups -OCH3 is 1. The summed E-state index contributed by atoms with van der Waals surface area (Å²) in [6.45, 7) is 7.99. The van der Waals surface area contributed by atoms with Crippen molar-refractivity contribution in [3.05, 3.63) is 0 Å². The molecule has 0 aromatic heterocycles. The molecule has 0 spiro atoms. The highest BCUT2D eigenvalue weighted by Crippen LogP contribution is 2.50. The Morgan fingerprint density at radius 2 is 2.00 bits per heavy atom. The monoisotopic (exact) mass is 170 g/mol. The third kappa shape index (κ3) is 2.22. The van der Waals surface area contributed by atoms with Gasteiger partial charge in [-0.1, -0.05) is 20.8 Å². The molecule has 1 rings (SSSR count). The smallest absolute Gasteiger partial charge is 0.0467 e. The van der Waals surface area contributed by atoms with E-state index < -0.39 is 0 Å². The molecule has 0 N–H and O–H groups in total. The second-order valence-electron chi connectivity index (χ2n) is 4.97. The Balaban J connectivity index is 2.20. The lowest BCUT2D eigenvalue weighted by Gasteiger charge is -2.47. The van der Waals surface area contributed by atoms with Gasteiger partial charge in [-0.25, -0.2) is 0 Å². The van der Waals surface area contributed by atoms with Crippen molar-refractivity contribution in [3.8, 4) is 0 Å². The van der Waals surface area contributed by atoms with Crippen LogP contribution < -0.4 is 0 Å². The van der Waals surface area contributed by atoms with Crippen LogP contribution in [0.5, 0.6) is 0 Å². The quantitative estimate of drug-likeness (QED) is 0.630. The fourth-order valence-electron chi connectivity index (χ4n) is 2.23. The molecule has 1 nitrogen and oxygen atoms in total. The lowest BCUT2D eigenvalue weighted by molar-refractivity contribution is 0.0127. The second-order valence-corrected chi connectivity index (χ2v) is 4.97. The molecule has 1 aliphatic rings. The van der Waals surface area contributed by atoms with Crippen molar-refractivity contribution in [1.82, 2.24) is 0 Å². The number of hydrogen-bond acceptors (Lipinski definition) is 1. The Morgan fingerprint density at radius 1 is 1.42 bits per heavy atom. The maximum atomic E-state index is 5.11. The van der Waals surface area contributed by atoms with Crippen molar-refractivity contribution >= 4 is 0 Å². The molecule has 0 atom stereocenters. The Hall–Kier alpha value is -0.0400. The van der Waals surface area contributed by atoms with E-state index in [1.807, 2.05) is 0 Å². The Kier molecular flexibility index (Phi) is 3.16. The van der Waals surface area contributed by atoms with Crippen LogP contribution in [0.2, 0.25) is 0 Å². The van der Waals surface area contributed by atoms with E-state index in [1.165, 1.54) is 19.3 Å². The van der Waals surface area contributed by atoms with Gasteiger partial charge in [-0.3, -0.25) is 0 Å². The molecule has 0 radical (unpaired) electrons. The SMILES string of the molecule is COCCC1(C)CC(C(C)C)C1. The van der Waals surface area contributed by atoms with Gasteiger partial charge in [-0.05, 0) is 36.5 Å². The van der Waals surface area contributed by atoms with Crippen LogP contribution in [-0.2, 0) is 4.74 Å². The molecule has 1 heteroatoms. The minimum atomic E-state index is 0.602. The van der Waals surface area contributed by atoms with Crippen molar-refractivity contribution < 1.29 is 4.74 Å². The first-order chi connectivity index (χ1) is 5.57. The van der Waals surface area contributed by atoms with Crippen LogP contribution in [0, 0.1) is 17.3 Å². The summed E-state index contributed by atoms with van der Waals surface area (Å²) in [6, 6.07) is 0. The molecule has 0 amide bonds. The topological polar surface area (TPSA) is 9.23 Å². The van der Waals surface area contributed by atoms with Gasteiger partial charge in [-0.2, -0.15) is 0 Å². The Labute approximate surface area is 76.5 Å². The number of rotatable bonds is 4. The first-order valence-electron chi connectivity index (χ1n) is 5.06. The van der Waals surface area contributed by atoms with Crippen LogP contribution in [-0.4, -0.2) is 13.7 Å². The molecule has 12 heavy (non-hydrogen) atoms. The fourth-order valence-corrected chi connectivity index (χ4v) is 2.23. The minimum Gasteiger partial charge on any atom is -0.385 e. The molecule has 1 aliphatic carbocycles. The van der Waals surface area contributed by atoms with E-state index in [0.717, 1.165) is 18.4 Å². The number of ether oxygens (including phenoxy) is 1. The molecule has 0 unspecified atom stereocenters. The van der Waals surface area contributed by atoms with Crippen molar-refractivity contribution in [3.63, 3.8) is 0 Å². The summed E-state index contributed by atoms with van der Waals surface area (Å²) in [5.41, 5.74) is 0.602. The Morgan fingerprint density at radius 3 is 2.42 bits per heavy atom. The van der Waals surface area contributed by atoms with Gasteiger partial charge in [0.25, 0.3) is 0 Å². The van der Waals surface area contributed by atoms with Gasteiger partial charge in [0.1, 0.15) is 0 Å². The predicted octanol–water partition coefficient (Wildman–Crippen LogP) is 3.10. The summed E-state index contributed by atoms with van der Waals surface area (Å²) in [4.78, 5) is 0. The zero-order valence-corrected chi connectivity index (χ0v) is 8.89. The zero-order valence-electron chi connectivity index (χ0n) is 8.89. The average Bonchev–Trinajstić information content (AvgIpc) is 1.95. The fraction of sp³-hybridized carbons (Fsp3) is 1.00. The number of hydrogen-bond donors (Lipinski definition) is 0. The molecule has 0 aromatic rings. The van der Waals surface area contributed by atoms with E-state index in [2.05, 4.69) is 20.8 Å². The molecule has 72 valence electrons. The maximum absolute atomic E-state index is 5.11. The van der Waals surface area contributed by atoms with E-state index >= 15 is 0 Å². The van der Waals surface area contributed by atoms with E-state index in [-0.39, 0.29) is 0 Å². The molecular weight excluding hydrogens is 148 g/mol. The lowest BCUT2D eigenvalue weighted by atomic mass is 9.58. The summed E-state index contributed by atoms with van der Waals surface area (Å²) in [7, 11) is 1.79. The largest absolute Gasteiger partial charge is 0.385 e. The molecular formula is C11H22O. The molecule has 0 heterocycles. The van der Waals surface area contributed by atoms with Gasteiger partial charge in [0, 0.05) is 13.7 Å². The summed E-state index contributed by atoms with van der Waals surface area (Å²) in [6.07, 6.45) is 4.06. The zero-order chi connectivity index (χ0) is 9.19. The van der Waals surface area contributed by atoms with Gasteiger partial charge >= 0.3 is 0 Å². The molecule has 1 fully saturated rings. The van der Waals surface area contributed by atoms with Crippen LogP contribution in [0.3, 0.4) is 0 Å². The van der Waals surface area contributed by atoms with Crippen LogP contribution in [0.4, 0.5) is 0 Å². The van der Waals surface area contributed by atoms with Crippen LogP contribution in [0.15, 0.2) is 0 Å². The van der Waals surface area contributed by atoms with Crippen molar-refractivity contribution in [1.29, 1.82) is 0 Å². The van der Waals surface area contributed by atoms with Crippen LogP contribution >= 0.6 is 0 Å². The van der Waals surface area contributed by atoms with E-state index in [0.29, 0.717) is 5.41 Å². The third-order valence-electron chi connectivity index (χ3n) is 3.36. The first kappa shape index (κ1) is 10.0. The highest BCUT2D eigenvalue weighted by Gasteiger charge is 2.40. The van der Waals surface area contributed by atoms with E-state index in [9.17, 15) is 0 Å². The van der Waals surface area contributed by atoms with E-state index in [4.69, 9.17) is 4.74 Å². The molecule has 0 bridgehead atoms. The van der Waals surface area contributed by atoms with Gasteiger partial charge in [-0.15, -0.1) is 0 Å². The third-order valence-corrected chi connectivity index (χ3v) is 3.36. The Bertz CT molecular complexity index is 134. The van der Waals surface area contributed by atoms with Gasteiger partial charge in [0.05, 0.1) is 0 Å². The maximum Gasteiger partial charge on any atom is 0.0467 e.